The van der Waals surface area contributed by atoms with E-state index in [1.165, 1.54) is 31.7 Å². The number of aliphatic hydroxyl groups is 3. The molecular formula is C90H123N19O18. The highest BCUT2D eigenvalue weighted by molar-refractivity contribution is 6.39. The number of aryl methyl sites for hydroxylation is 1. The van der Waals surface area contributed by atoms with Crippen molar-refractivity contribution in [2.75, 3.05) is 115 Å². The number of H-pyrrole nitrogens is 1. The number of phenolic OH excluding ortho intramolecular Hbond substituents is 1. The van der Waals surface area contributed by atoms with Gasteiger partial charge in [-0.1, -0.05) is 69.4 Å². The van der Waals surface area contributed by atoms with Crippen LogP contribution in [0, 0.1) is 29.6 Å². The molecule has 6 aromatic heterocycles. The maximum Gasteiger partial charge on any atom is 0.329 e. The minimum absolute atomic E-state index is 0.00642. The van der Waals surface area contributed by atoms with Gasteiger partial charge in [-0.05, 0) is 138 Å². The molecule has 4 aliphatic heterocycles. The first-order chi connectivity index (χ1) is 61.2. The number of rotatable bonds is 28. The predicted octanol–water partition coefficient (Wildman–Crippen LogP) is 6.61. The summed E-state index contributed by atoms with van der Waals surface area (Å²) in [5.74, 6) is -8.11. The van der Waals surface area contributed by atoms with Gasteiger partial charge in [-0.3, -0.25) is 28.8 Å². The van der Waals surface area contributed by atoms with Crippen LogP contribution >= 0.6 is 0 Å². The number of esters is 1. The number of piperidine rings is 1. The van der Waals surface area contributed by atoms with Gasteiger partial charge >= 0.3 is 5.97 Å². The first-order valence-electron chi connectivity index (χ1n) is 44.2. The van der Waals surface area contributed by atoms with Crippen LogP contribution in [0.3, 0.4) is 0 Å². The number of anilines is 3. The zero-order chi connectivity index (χ0) is 90.4. The van der Waals surface area contributed by atoms with Gasteiger partial charge in [0, 0.05) is 151 Å². The first-order valence-corrected chi connectivity index (χ1v) is 44.2. The molecule has 0 spiro atoms. The van der Waals surface area contributed by atoms with Crippen molar-refractivity contribution >= 4 is 80.7 Å². The summed E-state index contributed by atoms with van der Waals surface area (Å²) in [6.45, 7) is 15.7. The molecule has 4 fully saturated rings. The van der Waals surface area contributed by atoms with Crippen molar-refractivity contribution in [3.8, 4) is 28.4 Å². The number of allylic oxidation sites excluding steroid dienone is 6. The maximum atomic E-state index is 14.8. The van der Waals surface area contributed by atoms with Gasteiger partial charge in [-0.2, -0.15) is 5.10 Å². The van der Waals surface area contributed by atoms with Gasteiger partial charge in [0.15, 0.2) is 11.4 Å². The maximum absolute atomic E-state index is 14.8. The van der Waals surface area contributed by atoms with Gasteiger partial charge in [0.05, 0.1) is 86.8 Å². The van der Waals surface area contributed by atoms with E-state index in [4.69, 9.17) is 59.7 Å². The largest absolute Gasteiger partial charge is 0.508 e. The summed E-state index contributed by atoms with van der Waals surface area (Å²) in [6, 6.07) is 4.53. The third-order valence-electron chi connectivity index (χ3n) is 24.8. The van der Waals surface area contributed by atoms with Crippen LogP contribution in [0.4, 0.5) is 17.7 Å². The molecule has 0 radical (unpaired) electrons. The number of aliphatic hydroxyl groups excluding tert-OH is 2. The number of nitrogens with two attached hydrogens (primary N) is 2. The van der Waals surface area contributed by atoms with Crippen molar-refractivity contribution in [1.29, 1.82) is 0 Å². The molecule has 15 atom stereocenters. The number of amides is 3. The second-order valence-corrected chi connectivity index (χ2v) is 34.1. The van der Waals surface area contributed by atoms with E-state index in [1.54, 1.807) is 74.9 Å². The number of nitrogens with one attached hydrogen (secondary N) is 3. The number of piperazine rings is 1. The second kappa shape index (κ2) is 45.3. The lowest BCUT2D eigenvalue weighted by molar-refractivity contribution is -0.265. The summed E-state index contributed by atoms with van der Waals surface area (Å²) >= 11 is 0. The standard InChI is InChI=1S/C90H123N19O18/c1-54-16-10-9-11-17-55(2)73(121-7)46-65-22-19-59(6)90(120,127-65)82(116)86(118)107-28-14-12-18-71(107)87(119)126-74(47-72(111)56(3)41-58(5)80(114)81(115)79(113)57(4)40-54)66(91)42-60-20-24-70(75(43-60)122-8)109-52-69(102-104-109)62-48-95-88(96-49-62)105-30-32-106(33-31-105)89-97-50-63(51-98-89)85(117)94-27-35-124-37-39-125-38-36-123-34-25-76(112)93-26-13-15-29-108-84-77(83(92)99-53-100-84)78(103-108)68-45-61-44-64(110)21-23-67(61)101-68/h9-11,16-17,21,23,41,44-45,48-54,56-57,59-60,65-66,70-71,73-75,80-81,101,110,114-115,120H,12-15,18-20,22,24-40,42-43,46-47,91H2,1-8H3,(H,93,112)(H,94,117)(H2,92,99,100)/b11-9?,16-10+,55-17?,58-41+/t54-,56-,57-,59-,60+,65+,66-,70+,71+,73+,74+,75-,80-,81+,90-/m1/s1. The number of carbonyl (C=O) groups excluding carboxylic acids is 7. The molecule has 7 aromatic rings. The Bertz CT molecular complexity index is 5010. The van der Waals surface area contributed by atoms with Crippen LogP contribution in [0.5, 0.6) is 5.75 Å². The number of nitrogen functional groups attached to an aromatic ring is 1. The van der Waals surface area contributed by atoms with Gasteiger partial charge in [0.25, 0.3) is 17.6 Å². The van der Waals surface area contributed by atoms with Crippen LogP contribution in [0.2, 0.25) is 0 Å². The van der Waals surface area contributed by atoms with Gasteiger partial charge in [0.2, 0.25) is 23.6 Å². The number of carbonyl (C=O) groups is 7. The van der Waals surface area contributed by atoms with E-state index in [0.717, 1.165) is 33.5 Å². The quantitative estimate of drug-likeness (QED) is 0.0108. The van der Waals surface area contributed by atoms with Gasteiger partial charge in [0.1, 0.15) is 59.4 Å². The highest BCUT2D eigenvalue weighted by Crippen LogP contribution is 2.40. The predicted molar refractivity (Wildman–Crippen MR) is 470 cm³/mol. The minimum Gasteiger partial charge on any atom is -0.508 e. The fourth-order valence-electron chi connectivity index (χ4n) is 17.2. The Kier molecular flexibility index (Phi) is 34.0. The number of ketones is 3. The van der Waals surface area contributed by atoms with Crippen LogP contribution in [0.15, 0.2) is 109 Å². The van der Waals surface area contributed by atoms with E-state index in [0.29, 0.717) is 175 Å². The third-order valence-corrected chi connectivity index (χ3v) is 24.8. The Hall–Kier alpha value is -10.7. The Morgan fingerprint density at radius 2 is 1.47 bits per heavy atom. The molecule has 5 aliphatic rings. The van der Waals surface area contributed by atoms with E-state index in [2.05, 4.69) is 50.8 Å². The summed E-state index contributed by atoms with van der Waals surface area (Å²) in [5.41, 5.74) is 18.7. The molecule has 37 heteroatoms. The number of aromatic nitrogens is 12. The number of aromatic hydroxyl groups is 1. The van der Waals surface area contributed by atoms with Crippen LogP contribution in [0.25, 0.3) is 44.6 Å². The third kappa shape index (κ3) is 24.8. The lowest BCUT2D eigenvalue weighted by Gasteiger charge is -2.42. The molecule has 11 N–H and O–H groups in total. The summed E-state index contributed by atoms with van der Waals surface area (Å²) < 4.78 is 45.0. The average Bonchev–Trinajstić information content (AvgIpc) is 1.61. The van der Waals surface area contributed by atoms with E-state index >= 15 is 0 Å². The number of nitrogens with zero attached hydrogens (tertiary/aromatic N) is 14. The number of phenols is 1. The number of unbranched alkanes of at least 4 members (excludes halogenated alkanes) is 1. The number of aromatic amines is 1. The topological polar surface area (TPSA) is 492 Å². The van der Waals surface area contributed by atoms with Crippen molar-refractivity contribution in [1.82, 2.24) is 75.2 Å². The molecule has 37 nitrogen and oxygen atoms in total. The zero-order valence-corrected chi connectivity index (χ0v) is 73.7. The highest BCUT2D eigenvalue weighted by atomic mass is 16.6. The smallest absolute Gasteiger partial charge is 0.329 e. The van der Waals surface area contributed by atoms with E-state index in [1.807, 2.05) is 61.4 Å². The van der Waals surface area contributed by atoms with Crippen molar-refractivity contribution < 1.29 is 87.1 Å². The Morgan fingerprint density at radius 3 is 2.20 bits per heavy atom. The number of hydrogen-bond donors (Lipinski definition) is 9. The zero-order valence-electron chi connectivity index (χ0n) is 73.7. The van der Waals surface area contributed by atoms with E-state index in [-0.39, 0.29) is 106 Å². The fraction of sp³-hybridized carbons (Fsp3) is 0.578. The molecular weight excluding hydrogens is 1640 g/mol. The number of Topliss-reactive ketones (excluding diaryl/α,β-unsaturated/α-hetero) is 3. The molecule has 127 heavy (non-hydrogen) atoms. The van der Waals surface area contributed by atoms with Crippen molar-refractivity contribution in [3.05, 3.63) is 115 Å². The number of cyclic esters (lactones) is 1. The molecule has 3 amide bonds. The van der Waals surface area contributed by atoms with Gasteiger partial charge < -0.3 is 95.4 Å². The Morgan fingerprint density at radius 1 is 0.756 bits per heavy atom. The highest BCUT2D eigenvalue weighted by Gasteiger charge is 2.53. The van der Waals surface area contributed by atoms with E-state index in [9.17, 15) is 54.0 Å². The lowest BCUT2D eigenvalue weighted by atomic mass is 9.79. The van der Waals surface area contributed by atoms with Crippen LogP contribution < -0.4 is 31.9 Å². The second-order valence-electron chi connectivity index (χ2n) is 34.1. The Balaban J connectivity index is 0.560. The summed E-state index contributed by atoms with van der Waals surface area (Å²) in [7, 11) is 3.17. The van der Waals surface area contributed by atoms with E-state index < -0.39 is 95.4 Å². The van der Waals surface area contributed by atoms with Crippen molar-refractivity contribution in [3.63, 3.8) is 0 Å². The Labute approximate surface area is 738 Å². The number of benzene rings is 1. The molecule has 2 bridgehead atoms. The molecule has 10 heterocycles. The first kappa shape index (κ1) is 95.4. The fourth-order valence-corrected chi connectivity index (χ4v) is 17.2. The SMILES string of the molecule is CO[C@H]1C[C@@H]2CC[C@@H](C)[C@@](O)(O2)C(=O)C(=O)N2CCCC[C@H]2C(=O)O[C@H]([C@H](N)C[C@@H]2CC[C@H](n3cc(-c4cnc(N5CCN(c6ncc(C(=O)NCCOCCOCCOCCC(=O)NCCCCn7nc(-c8cc9cc(O)ccc9[nH]8)c8c(N)ncnc87)cn6)CC5)nc4)nn3)[C@H](OC)C2)CC(=O)[C@H](C)/C=C(\C)[C@@H](O)[C@@H](O)C(=O)[C@H](C)C[C@H](C)/C=C/C=CC=C1C. The van der Waals surface area contributed by atoms with Crippen LogP contribution in [-0.4, -0.2) is 280 Å². The normalized spacial score (nSPS) is 26.5. The average molecular weight is 1760 g/mol. The lowest BCUT2D eigenvalue weighted by Crippen LogP contribution is -2.61. The van der Waals surface area contributed by atoms with Gasteiger partial charge in [-0.15, -0.1) is 5.10 Å². The van der Waals surface area contributed by atoms with Crippen molar-refractivity contribution in [2.45, 2.75) is 205 Å². The summed E-state index contributed by atoms with van der Waals surface area (Å²) in [5, 5.41) is 65.9. The molecule has 0 unspecified atom stereocenters. The molecule has 686 valence electrons. The summed E-state index contributed by atoms with van der Waals surface area (Å²) in [6.07, 6.45) is 20.1. The molecule has 1 aromatic carbocycles. The van der Waals surface area contributed by atoms with Gasteiger partial charge in [-0.25, -0.2) is 44.1 Å². The molecule has 1 saturated carbocycles. The van der Waals surface area contributed by atoms with Crippen LogP contribution in [-0.2, 0) is 68.5 Å². The number of ether oxygens (including phenoxy) is 7. The molecule has 3 saturated heterocycles. The monoisotopic (exact) mass is 1760 g/mol. The molecule has 12 rings (SSSR count). The van der Waals surface area contributed by atoms with Crippen molar-refractivity contribution in [2.24, 2.45) is 35.3 Å². The number of hydrogen-bond acceptors (Lipinski definition) is 31. The number of methoxy groups -OCH3 is 2. The molecule has 1 aliphatic carbocycles. The number of fused-ring (bicyclic) bond motifs is 5. The van der Waals surface area contributed by atoms with Crippen LogP contribution in [0.1, 0.15) is 154 Å². The summed E-state index contributed by atoms with van der Waals surface area (Å²) in [4.78, 5) is 133. The minimum atomic E-state index is -2.51.